The van der Waals surface area contributed by atoms with E-state index in [0.717, 1.165) is 12.8 Å². The fourth-order valence-electron chi connectivity index (χ4n) is 2.24. The summed E-state index contributed by atoms with van der Waals surface area (Å²) < 4.78 is 5.67. The van der Waals surface area contributed by atoms with Gasteiger partial charge in [-0.1, -0.05) is 19.1 Å². The van der Waals surface area contributed by atoms with Gasteiger partial charge >= 0.3 is 0 Å². The van der Waals surface area contributed by atoms with Gasteiger partial charge in [0.1, 0.15) is 5.75 Å². The van der Waals surface area contributed by atoms with E-state index in [-0.39, 0.29) is 5.69 Å². The molecule has 1 aromatic carbocycles. The monoisotopic (exact) mass is 262 g/mol. The highest BCUT2D eigenvalue weighted by atomic mass is 16.6. The molecule has 0 spiro atoms. The van der Waals surface area contributed by atoms with Gasteiger partial charge in [-0.2, -0.15) is 0 Å². The van der Waals surface area contributed by atoms with E-state index < -0.39 is 4.92 Å². The van der Waals surface area contributed by atoms with Crippen LogP contribution in [0.2, 0.25) is 0 Å². The van der Waals surface area contributed by atoms with Crippen molar-refractivity contribution in [3.63, 3.8) is 0 Å². The molecule has 1 aliphatic rings. The van der Waals surface area contributed by atoms with Crippen LogP contribution in [0.5, 0.6) is 5.75 Å². The van der Waals surface area contributed by atoms with E-state index in [1.165, 1.54) is 12.1 Å². The van der Waals surface area contributed by atoms with Crippen molar-refractivity contribution in [3.05, 3.63) is 40.5 Å². The molecule has 0 amide bonds. The lowest BCUT2D eigenvalue weighted by molar-refractivity contribution is -0.384. The van der Waals surface area contributed by atoms with Gasteiger partial charge in [0.2, 0.25) is 0 Å². The van der Waals surface area contributed by atoms with E-state index in [0.29, 0.717) is 29.9 Å². The fraction of sp³-hybridized carbons (Fsp3) is 0.429. The van der Waals surface area contributed by atoms with Crippen molar-refractivity contribution < 1.29 is 9.66 Å². The van der Waals surface area contributed by atoms with Crippen LogP contribution in [-0.4, -0.2) is 11.5 Å². The minimum atomic E-state index is -0.463. The summed E-state index contributed by atoms with van der Waals surface area (Å²) in [5.74, 6) is 1.49. The Balaban J connectivity index is 2.03. The third kappa shape index (κ3) is 3.47. The lowest BCUT2D eigenvalue weighted by atomic mass is 9.85. The highest BCUT2D eigenvalue weighted by Gasteiger charge is 2.19. The van der Waals surface area contributed by atoms with E-state index >= 15 is 0 Å². The Morgan fingerprint density at radius 3 is 2.79 bits per heavy atom. The third-order valence-corrected chi connectivity index (χ3v) is 3.51. The smallest absolute Gasteiger partial charge is 0.275 e. The van der Waals surface area contributed by atoms with Crippen LogP contribution >= 0.6 is 0 Å². The van der Waals surface area contributed by atoms with Crippen molar-refractivity contribution in [1.29, 1.82) is 0 Å². The molecule has 1 aliphatic carbocycles. The molecule has 0 fully saturated rings. The number of rotatable bonds is 4. The first-order chi connectivity index (χ1) is 9.06. The van der Waals surface area contributed by atoms with Gasteiger partial charge in [0.25, 0.3) is 5.69 Å². The summed E-state index contributed by atoms with van der Waals surface area (Å²) in [5.41, 5.74) is 5.95. The highest BCUT2D eigenvalue weighted by Crippen LogP contribution is 2.28. The SMILES string of the molecule is CC1CC=CCC1COc1cc(N)cc([N+](=O)[O-])c1. The number of anilines is 1. The molecular weight excluding hydrogens is 244 g/mol. The zero-order chi connectivity index (χ0) is 13.8. The summed E-state index contributed by atoms with van der Waals surface area (Å²) in [5, 5.41) is 10.7. The number of nitro benzene ring substituents is 1. The highest BCUT2D eigenvalue weighted by molar-refractivity contribution is 5.53. The minimum Gasteiger partial charge on any atom is -0.493 e. The molecule has 2 atom stereocenters. The Morgan fingerprint density at radius 2 is 2.11 bits per heavy atom. The van der Waals surface area contributed by atoms with Gasteiger partial charge in [-0.25, -0.2) is 0 Å². The Hall–Kier alpha value is -2.04. The first-order valence-corrected chi connectivity index (χ1v) is 6.39. The van der Waals surface area contributed by atoms with Gasteiger partial charge in [0.05, 0.1) is 17.6 Å². The Bertz CT molecular complexity index is 499. The second-order valence-corrected chi connectivity index (χ2v) is 5.01. The molecule has 2 rings (SSSR count). The van der Waals surface area contributed by atoms with E-state index in [4.69, 9.17) is 10.5 Å². The van der Waals surface area contributed by atoms with Gasteiger partial charge in [-0.3, -0.25) is 10.1 Å². The quantitative estimate of drug-likeness (QED) is 0.391. The summed E-state index contributed by atoms with van der Waals surface area (Å²) in [6.07, 6.45) is 6.40. The summed E-state index contributed by atoms with van der Waals surface area (Å²) in [4.78, 5) is 10.3. The number of allylic oxidation sites excluding steroid dienone is 2. The van der Waals surface area contributed by atoms with E-state index in [1.54, 1.807) is 6.07 Å². The molecule has 102 valence electrons. The molecule has 0 aromatic heterocycles. The lowest BCUT2D eigenvalue weighted by Gasteiger charge is -2.25. The van der Waals surface area contributed by atoms with Crippen molar-refractivity contribution in [1.82, 2.24) is 0 Å². The van der Waals surface area contributed by atoms with Gasteiger partial charge in [0, 0.05) is 17.8 Å². The van der Waals surface area contributed by atoms with Gasteiger partial charge in [-0.05, 0) is 24.7 Å². The zero-order valence-corrected chi connectivity index (χ0v) is 10.9. The predicted molar refractivity (Wildman–Crippen MR) is 74.0 cm³/mol. The molecule has 0 heterocycles. The second kappa shape index (κ2) is 5.73. The summed E-state index contributed by atoms with van der Waals surface area (Å²) in [6, 6.07) is 4.37. The molecule has 0 bridgehead atoms. The molecule has 5 heteroatoms. The van der Waals surface area contributed by atoms with Crippen LogP contribution in [0.25, 0.3) is 0 Å². The number of nitro groups is 1. The van der Waals surface area contributed by atoms with Crippen molar-refractivity contribution >= 4 is 11.4 Å². The fourth-order valence-corrected chi connectivity index (χ4v) is 2.24. The molecule has 2 unspecified atom stereocenters. The maximum Gasteiger partial charge on any atom is 0.275 e. The molecule has 0 radical (unpaired) electrons. The second-order valence-electron chi connectivity index (χ2n) is 5.01. The number of nitrogens with two attached hydrogens (primary N) is 1. The lowest BCUT2D eigenvalue weighted by Crippen LogP contribution is -2.21. The number of benzene rings is 1. The number of nitrogens with zero attached hydrogens (tertiary/aromatic N) is 1. The normalized spacial score (nSPS) is 22.2. The van der Waals surface area contributed by atoms with Crippen LogP contribution < -0.4 is 10.5 Å². The van der Waals surface area contributed by atoms with E-state index in [9.17, 15) is 10.1 Å². The largest absolute Gasteiger partial charge is 0.493 e. The van der Waals surface area contributed by atoms with E-state index in [1.807, 2.05) is 0 Å². The first kappa shape index (κ1) is 13.4. The van der Waals surface area contributed by atoms with Gasteiger partial charge in [0.15, 0.2) is 0 Å². The number of hydrogen-bond donors (Lipinski definition) is 1. The predicted octanol–water partition coefficient (Wildman–Crippen LogP) is 3.16. The molecule has 2 N–H and O–H groups in total. The molecule has 5 nitrogen and oxygen atoms in total. The molecule has 1 aromatic rings. The minimum absolute atomic E-state index is 0.0356. The maximum atomic E-state index is 10.7. The summed E-state index contributed by atoms with van der Waals surface area (Å²) in [6.45, 7) is 2.76. The van der Waals surface area contributed by atoms with Crippen LogP contribution in [0.15, 0.2) is 30.4 Å². The standard InChI is InChI=1S/C14H18N2O3/c1-10-4-2-3-5-11(10)9-19-14-7-12(15)6-13(8-14)16(17)18/h2-3,6-8,10-11H,4-5,9,15H2,1H3. The molecule has 0 saturated heterocycles. The van der Waals surface area contributed by atoms with Crippen LogP contribution in [0, 0.1) is 22.0 Å². The van der Waals surface area contributed by atoms with Crippen LogP contribution in [0.4, 0.5) is 11.4 Å². The number of ether oxygens (including phenoxy) is 1. The van der Waals surface area contributed by atoms with Gasteiger partial charge in [-0.15, -0.1) is 0 Å². The topological polar surface area (TPSA) is 78.4 Å². The van der Waals surface area contributed by atoms with Crippen molar-refractivity contribution in [2.45, 2.75) is 19.8 Å². The van der Waals surface area contributed by atoms with Crippen LogP contribution in [-0.2, 0) is 0 Å². The van der Waals surface area contributed by atoms with Crippen molar-refractivity contribution in [2.75, 3.05) is 12.3 Å². The summed E-state index contributed by atoms with van der Waals surface area (Å²) >= 11 is 0. The molecular formula is C14H18N2O3. The third-order valence-electron chi connectivity index (χ3n) is 3.51. The Morgan fingerprint density at radius 1 is 1.37 bits per heavy atom. The molecule has 0 saturated carbocycles. The molecule has 0 aliphatic heterocycles. The maximum absolute atomic E-state index is 10.7. The van der Waals surface area contributed by atoms with E-state index in [2.05, 4.69) is 19.1 Å². The number of non-ortho nitro benzene ring substituents is 1. The van der Waals surface area contributed by atoms with Crippen LogP contribution in [0.1, 0.15) is 19.8 Å². The van der Waals surface area contributed by atoms with Crippen molar-refractivity contribution in [2.24, 2.45) is 11.8 Å². The average Bonchev–Trinajstić information content (AvgIpc) is 2.37. The average molecular weight is 262 g/mol. The van der Waals surface area contributed by atoms with Crippen LogP contribution in [0.3, 0.4) is 0 Å². The molecule has 19 heavy (non-hydrogen) atoms. The first-order valence-electron chi connectivity index (χ1n) is 6.39. The number of nitrogen functional groups attached to an aromatic ring is 1. The Labute approximate surface area is 112 Å². The number of hydrogen-bond acceptors (Lipinski definition) is 4. The summed E-state index contributed by atoms with van der Waals surface area (Å²) in [7, 11) is 0. The Kier molecular flexibility index (Phi) is 4.04. The van der Waals surface area contributed by atoms with Crippen molar-refractivity contribution in [3.8, 4) is 5.75 Å². The zero-order valence-electron chi connectivity index (χ0n) is 10.9. The van der Waals surface area contributed by atoms with Gasteiger partial charge < -0.3 is 10.5 Å².